The zero-order chi connectivity index (χ0) is 26.8. The Labute approximate surface area is 201 Å². The Kier molecular flexibility index (Phi) is 11.8. The van der Waals surface area contributed by atoms with Crippen molar-refractivity contribution in [3.8, 4) is 5.75 Å². The molecule has 0 aliphatic heterocycles. The summed E-state index contributed by atoms with van der Waals surface area (Å²) in [6.45, 7) is 3.00. The number of aliphatic hydroxyl groups is 1. The Balaban J connectivity index is 3.01. The van der Waals surface area contributed by atoms with Crippen LogP contribution in [0.5, 0.6) is 5.75 Å². The maximum Gasteiger partial charge on any atom is 0.416 e. The van der Waals surface area contributed by atoms with E-state index in [-0.39, 0.29) is 18.5 Å². The molecule has 0 fully saturated rings. The van der Waals surface area contributed by atoms with Crippen molar-refractivity contribution < 1.29 is 42.5 Å². The van der Waals surface area contributed by atoms with Crippen molar-refractivity contribution in [1.82, 2.24) is 16.0 Å². The molecule has 4 atom stereocenters. The highest BCUT2D eigenvalue weighted by atomic mass is 19.4. The number of nitrogens with one attached hydrogen (secondary N) is 3. The molecule has 3 amide bonds. The summed E-state index contributed by atoms with van der Waals surface area (Å²) in [6.07, 6.45) is -7.90. The second-order valence-electron chi connectivity index (χ2n) is 8.31. The Bertz CT molecular complexity index is 835. The van der Waals surface area contributed by atoms with Crippen LogP contribution in [0.25, 0.3) is 0 Å². The minimum absolute atomic E-state index is 0.179. The number of hydrogen-bond acceptors (Lipinski definition) is 6. The summed E-state index contributed by atoms with van der Waals surface area (Å²) in [5, 5.41) is 25.1. The van der Waals surface area contributed by atoms with Gasteiger partial charge in [-0.05, 0) is 42.9 Å². The van der Waals surface area contributed by atoms with Crippen molar-refractivity contribution >= 4 is 17.9 Å². The van der Waals surface area contributed by atoms with Gasteiger partial charge in [0.1, 0.15) is 11.8 Å². The number of halogens is 3. The van der Waals surface area contributed by atoms with Gasteiger partial charge in [0, 0.05) is 6.54 Å². The number of nitrogens with two attached hydrogens (primary N) is 1. The van der Waals surface area contributed by atoms with Crippen molar-refractivity contribution in [2.45, 2.75) is 63.5 Å². The van der Waals surface area contributed by atoms with Gasteiger partial charge in [-0.15, -0.1) is 0 Å². The van der Waals surface area contributed by atoms with E-state index in [9.17, 15) is 32.7 Å². The number of rotatable bonds is 13. The first-order valence-corrected chi connectivity index (χ1v) is 11.0. The molecule has 0 aliphatic rings. The van der Waals surface area contributed by atoms with E-state index >= 15 is 0 Å². The Morgan fingerprint density at radius 1 is 1.06 bits per heavy atom. The topological polar surface area (TPSA) is 163 Å². The average molecular weight is 507 g/mol. The standard InChI is InChI=1S/C22H33F3N4O6/c1-12(2)16(18(30)22(23,24)25)28-20(32)17(13-7-9-14(35-3)10-8-13)29-19(31)15(26)6-4-5-11-27-21(33)34/h7-10,12,15-18,27,30H,4-6,11,26H2,1-3H3,(H,28,32)(H,29,31)(H,33,34). The summed E-state index contributed by atoms with van der Waals surface area (Å²) >= 11 is 0. The SMILES string of the molecule is COc1ccc(C(NC(=O)C(N)CCCCNC(=O)O)C(=O)NC(C(C)C)C(O)C(F)(F)F)cc1. The van der Waals surface area contributed by atoms with Gasteiger partial charge in [0.15, 0.2) is 6.10 Å². The number of amides is 3. The van der Waals surface area contributed by atoms with E-state index in [2.05, 4.69) is 16.0 Å². The van der Waals surface area contributed by atoms with Gasteiger partial charge in [-0.25, -0.2) is 4.79 Å². The van der Waals surface area contributed by atoms with Gasteiger partial charge in [0.25, 0.3) is 0 Å². The van der Waals surface area contributed by atoms with Crippen molar-refractivity contribution in [2.75, 3.05) is 13.7 Å². The number of aliphatic hydroxyl groups excluding tert-OH is 1. The Hall–Kier alpha value is -3.06. The molecule has 0 saturated carbocycles. The second-order valence-corrected chi connectivity index (χ2v) is 8.31. The monoisotopic (exact) mass is 506 g/mol. The minimum Gasteiger partial charge on any atom is -0.497 e. The number of alkyl halides is 3. The van der Waals surface area contributed by atoms with Gasteiger partial charge in [-0.3, -0.25) is 9.59 Å². The predicted octanol–water partition coefficient (Wildman–Crippen LogP) is 1.68. The van der Waals surface area contributed by atoms with E-state index in [0.717, 1.165) is 0 Å². The smallest absolute Gasteiger partial charge is 0.416 e. The normalized spacial score (nSPS) is 15.0. The molecule has 10 nitrogen and oxygen atoms in total. The molecule has 0 aromatic heterocycles. The summed E-state index contributed by atoms with van der Waals surface area (Å²) in [4.78, 5) is 36.1. The van der Waals surface area contributed by atoms with Crippen molar-refractivity contribution in [3.63, 3.8) is 0 Å². The van der Waals surface area contributed by atoms with E-state index in [1.165, 1.54) is 45.2 Å². The Morgan fingerprint density at radius 3 is 2.14 bits per heavy atom. The second kappa shape index (κ2) is 13.7. The van der Waals surface area contributed by atoms with Crippen LogP contribution in [-0.2, 0) is 9.59 Å². The highest BCUT2D eigenvalue weighted by Crippen LogP contribution is 2.26. The van der Waals surface area contributed by atoms with Crippen molar-refractivity contribution in [3.05, 3.63) is 29.8 Å². The maximum atomic E-state index is 13.1. The van der Waals surface area contributed by atoms with Gasteiger partial charge in [0.2, 0.25) is 11.8 Å². The summed E-state index contributed by atoms with van der Waals surface area (Å²) in [6, 6.07) is 1.87. The van der Waals surface area contributed by atoms with E-state index in [4.69, 9.17) is 15.6 Å². The molecule has 0 bridgehead atoms. The molecule has 13 heteroatoms. The first-order valence-electron chi connectivity index (χ1n) is 11.0. The molecule has 0 heterocycles. The first kappa shape index (κ1) is 30.0. The zero-order valence-corrected chi connectivity index (χ0v) is 19.8. The Morgan fingerprint density at radius 2 is 1.66 bits per heavy atom. The summed E-state index contributed by atoms with van der Waals surface area (Å²) in [5.74, 6) is -1.99. The molecule has 1 aromatic rings. The highest BCUT2D eigenvalue weighted by molar-refractivity contribution is 5.90. The molecular formula is C22H33F3N4O6. The van der Waals surface area contributed by atoms with Crippen LogP contribution in [0, 0.1) is 5.92 Å². The lowest BCUT2D eigenvalue weighted by Gasteiger charge is -2.31. The van der Waals surface area contributed by atoms with E-state index in [0.29, 0.717) is 18.6 Å². The van der Waals surface area contributed by atoms with Crippen LogP contribution in [0.2, 0.25) is 0 Å². The van der Waals surface area contributed by atoms with E-state index in [1.54, 1.807) is 0 Å². The number of benzene rings is 1. The lowest BCUT2D eigenvalue weighted by Crippen LogP contribution is -2.55. The molecule has 35 heavy (non-hydrogen) atoms. The summed E-state index contributed by atoms with van der Waals surface area (Å²) < 4.78 is 44.4. The van der Waals surface area contributed by atoms with Crippen LogP contribution < -0.4 is 26.4 Å². The molecule has 0 saturated heterocycles. The first-order chi connectivity index (χ1) is 16.3. The van der Waals surface area contributed by atoms with Gasteiger partial charge < -0.3 is 36.6 Å². The number of carbonyl (C=O) groups excluding carboxylic acids is 2. The van der Waals surface area contributed by atoms with Gasteiger partial charge >= 0.3 is 12.3 Å². The zero-order valence-electron chi connectivity index (χ0n) is 19.8. The lowest BCUT2D eigenvalue weighted by molar-refractivity contribution is -0.215. The van der Waals surface area contributed by atoms with E-state index < -0.39 is 54.2 Å². The third-order valence-corrected chi connectivity index (χ3v) is 5.26. The van der Waals surface area contributed by atoms with Gasteiger partial charge in [-0.2, -0.15) is 13.2 Å². The third kappa shape index (κ3) is 9.99. The molecule has 198 valence electrons. The predicted molar refractivity (Wildman–Crippen MR) is 121 cm³/mol. The van der Waals surface area contributed by atoms with Crippen LogP contribution in [0.15, 0.2) is 24.3 Å². The number of methoxy groups -OCH3 is 1. The number of unbranched alkanes of at least 4 members (excludes halogenated alkanes) is 1. The number of ether oxygens (including phenoxy) is 1. The van der Waals surface area contributed by atoms with Crippen LogP contribution in [0.3, 0.4) is 0 Å². The minimum atomic E-state index is -4.96. The molecular weight excluding hydrogens is 473 g/mol. The van der Waals surface area contributed by atoms with Crippen molar-refractivity contribution in [2.24, 2.45) is 11.7 Å². The lowest BCUT2D eigenvalue weighted by atomic mass is 9.96. The maximum absolute atomic E-state index is 13.1. The fourth-order valence-electron chi connectivity index (χ4n) is 3.22. The molecule has 0 radical (unpaired) electrons. The summed E-state index contributed by atoms with van der Waals surface area (Å²) in [7, 11) is 1.43. The fourth-order valence-corrected chi connectivity index (χ4v) is 3.22. The van der Waals surface area contributed by atoms with Crippen LogP contribution >= 0.6 is 0 Å². The number of carbonyl (C=O) groups is 3. The number of carboxylic acid groups (broad SMARTS) is 1. The third-order valence-electron chi connectivity index (χ3n) is 5.26. The molecule has 1 rings (SSSR count). The molecule has 0 spiro atoms. The number of hydrogen-bond donors (Lipinski definition) is 6. The largest absolute Gasteiger partial charge is 0.497 e. The molecule has 4 unspecified atom stereocenters. The average Bonchev–Trinajstić information content (AvgIpc) is 2.78. The van der Waals surface area contributed by atoms with Crippen LogP contribution in [0.1, 0.15) is 44.7 Å². The molecule has 0 aliphatic carbocycles. The van der Waals surface area contributed by atoms with Gasteiger partial charge in [-0.1, -0.05) is 26.0 Å². The van der Waals surface area contributed by atoms with Gasteiger partial charge in [0.05, 0.1) is 19.2 Å². The molecule has 7 N–H and O–H groups in total. The fraction of sp³-hybridized carbons (Fsp3) is 0.591. The van der Waals surface area contributed by atoms with Crippen molar-refractivity contribution in [1.29, 1.82) is 0 Å². The van der Waals surface area contributed by atoms with E-state index in [1.807, 2.05) is 0 Å². The molecule has 1 aromatic carbocycles. The van der Waals surface area contributed by atoms with Crippen LogP contribution in [-0.4, -0.2) is 66.1 Å². The quantitative estimate of drug-likeness (QED) is 0.222. The highest BCUT2D eigenvalue weighted by Gasteiger charge is 2.45. The summed E-state index contributed by atoms with van der Waals surface area (Å²) in [5.41, 5.74) is 6.16. The van der Waals surface area contributed by atoms with Crippen LogP contribution in [0.4, 0.5) is 18.0 Å².